The van der Waals surface area contributed by atoms with Crippen molar-refractivity contribution in [2.45, 2.75) is 0 Å². The van der Waals surface area contributed by atoms with Gasteiger partial charge in [0.2, 0.25) is 0 Å². The molecule has 0 fully saturated rings. The topological polar surface area (TPSA) is 46.0 Å². The lowest BCUT2D eigenvalue weighted by molar-refractivity contribution is 0.627. The number of rotatable bonds is 3. The van der Waals surface area contributed by atoms with Crippen LogP contribution in [0.5, 0.6) is 0 Å². The Morgan fingerprint density at radius 2 is 1.39 bits per heavy atom. The molecule has 0 radical (unpaired) electrons. The summed E-state index contributed by atoms with van der Waals surface area (Å²) in [6.07, 6.45) is 5.55. The fraction of sp³-hybridized carbons (Fsp3) is 0. The molecule has 5 rings (SSSR count). The molecular weight excluding hydrogens is 358 g/mol. The second-order valence-corrected chi connectivity index (χ2v) is 6.45. The molecule has 2 aromatic carbocycles. The molecule has 1 N–H and O–H groups in total. The number of H-pyrrole nitrogens is 1. The highest BCUT2D eigenvalue weighted by Gasteiger charge is 2.13. The highest BCUT2D eigenvalue weighted by molar-refractivity contribution is 5.81. The van der Waals surface area contributed by atoms with Crippen LogP contribution in [-0.2, 0) is 0 Å². The summed E-state index contributed by atoms with van der Waals surface area (Å²) in [5.74, 6) is -0.565. The monoisotopic (exact) mass is 372 g/mol. The molecule has 0 atom stereocenters. The van der Waals surface area contributed by atoms with Crippen molar-refractivity contribution in [3.05, 3.63) is 90.9 Å². The first kappa shape index (κ1) is 16.4. The molecule has 0 aliphatic rings. The predicted octanol–water partition coefficient (Wildman–Crippen LogP) is 5.34. The highest BCUT2D eigenvalue weighted by Crippen LogP contribution is 2.31. The summed E-state index contributed by atoms with van der Waals surface area (Å²) in [6.45, 7) is 0. The van der Waals surface area contributed by atoms with E-state index >= 15 is 0 Å². The van der Waals surface area contributed by atoms with E-state index in [1.807, 2.05) is 28.9 Å². The quantitative estimate of drug-likeness (QED) is 0.465. The second kappa shape index (κ2) is 6.42. The van der Waals surface area contributed by atoms with E-state index in [-0.39, 0.29) is 11.6 Å². The minimum absolute atomic E-state index is 0.277. The first-order valence-electron chi connectivity index (χ1n) is 8.72. The van der Waals surface area contributed by atoms with Crippen LogP contribution in [0.1, 0.15) is 0 Å². The van der Waals surface area contributed by atoms with Crippen LogP contribution in [0.25, 0.3) is 39.3 Å². The molecule has 136 valence electrons. The van der Waals surface area contributed by atoms with Gasteiger partial charge >= 0.3 is 0 Å². The molecule has 0 unspecified atom stereocenters. The van der Waals surface area contributed by atoms with Gasteiger partial charge < -0.3 is 0 Å². The SMILES string of the molecule is Fc1ccc(-c2n[nH]cc2-c2ccc3ncc(-c4ccc(F)cc4)n3c2)cc1. The minimum Gasteiger partial charge on any atom is -0.299 e. The third-order valence-corrected chi connectivity index (χ3v) is 4.71. The van der Waals surface area contributed by atoms with E-state index in [2.05, 4.69) is 15.2 Å². The Morgan fingerprint density at radius 3 is 2.11 bits per heavy atom. The Morgan fingerprint density at radius 1 is 0.750 bits per heavy atom. The van der Waals surface area contributed by atoms with Crippen molar-refractivity contribution in [1.29, 1.82) is 0 Å². The third kappa shape index (κ3) is 2.75. The van der Waals surface area contributed by atoms with Crippen LogP contribution in [0.4, 0.5) is 8.78 Å². The normalized spacial score (nSPS) is 11.2. The number of hydrogen-bond acceptors (Lipinski definition) is 2. The van der Waals surface area contributed by atoms with Crippen LogP contribution in [-0.4, -0.2) is 19.6 Å². The number of pyridine rings is 1. The number of benzene rings is 2. The van der Waals surface area contributed by atoms with Crippen LogP contribution >= 0.6 is 0 Å². The summed E-state index contributed by atoms with van der Waals surface area (Å²) in [5.41, 5.74) is 5.91. The van der Waals surface area contributed by atoms with Gasteiger partial charge in [0.15, 0.2) is 0 Å². The largest absolute Gasteiger partial charge is 0.299 e. The van der Waals surface area contributed by atoms with Gasteiger partial charge in [0.1, 0.15) is 17.3 Å². The molecule has 5 aromatic rings. The maximum atomic E-state index is 13.3. The molecule has 6 heteroatoms. The Bertz CT molecular complexity index is 1270. The van der Waals surface area contributed by atoms with E-state index in [1.165, 1.54) is 24.3 Å². The number of nitrogens with zero attached hydrogens (tertiary/aromatic N) is 3. The summed E-state index contributed by atoms with van der Waals surface area (Å²) >= 11 is 0. The van der Waals surface area contributed by atoms with E-state index in [0.717, 1.165) is 39.3 Å². The number of hydrogen-bond donors (Lipinski definition) is 1. The van der Waals surface area contributed by atoms with Crippen molar-refractivity contribution < 1.29 is 8.78 Å². The summed E-state index contributed by atoms with van der Waals surface area (Å²) in [4.78, 5) is 4.43. The van der Waals surface area contributed by atoms with Crippen molar-refractivity contribution in [2.75, 3.05) is 0 Å². The van der Waals surface area contributed by atoms with Gasteiger partial charge in [-0.05, 0) is 60.7 Å². The molecule has 0 bridgehead atoms. The summed E-state index contributed by atoms with van der Waals surface area (Å²) in [7, 11) is 0. The van der Waals surface area contributed by atoms with Crippen molar-refractivity contribution in [3.8, 4) is 33.6 Å². The smallest absolute Gasteiger partial charge is 0.137 e. The fourth-order valence-corrected chi connectivity index (χ4v) is 3.31. The molecule has 0 amide bonds. The van der Waals surface area contributed by atoms with E-state index in [9.17, 15) is 8.78 Å². The van der Waals surface area contributed by atoms with E-state index < -0.39 is 0 Å². The Kier molecular flexibility index (Phi) is 3.76. The predicted molar refractivity (Wildman–Crippen MR) is 104 cm³/mol. The van der Waals surface area contributed by atoms with Crippen LogP contribution in [0, 0.1) is 11.6 Å². The second-order valence-electron chi connectivity index (χ2n) is 6.45. The van der Waals surface area contributed by atoms with Gasteiger partial charge in [-0.2, -0.15) is 5.10 Å². The Hall–Kier alpha value is -3.80. The summed E-state index contributed by atoms with van der Waals surface area (Å²) in [6, 6.07) is 16.4. The lowest BCUT2D eigenvalue weighted by Gasteiger charge is -2.07. The lowest BCUT2D eigenvalue weighted by Crippen LogP contribution is -1.91. The lowest BCUT2D eigenvalue weighted by atomic mass is 10.0. The number of aromatic nitrogens is 4. The van der Waals surface area contributed by atoms with Gasteiger partial charge in [0.05, 0.1) is 17.6 Å². The first-order valence-corrected chi connectivity index (χ1v) is 8.72. The van der Waals surface area contributed by atoms with Crippen LogP contribution in [0.3, 0.4) is 0 Å². The highest BCUT2D eigenvalue weighted by atomic mass is 19.1. The van der Waals surface area contributed by atoms with E-state index in [1.54, 1.807) is 30.5 Å². The average molecular weight is 372 g/mol. The Balaban J connectivity index is 1.63. The Labute approximate surface area is 159 Å². The molecule has 3 heterocycles. The van der Waals surface area contributed by atoms with Gasteiger partial charge in [-0.15, -0.1) is 0 Å². The van der Waals surface area contributed by atoms with Gasteiger partial charge in [-0.3, -0.25) is 9.50 Å². The number of fused-ring (bicyclic) bond motifs is 1. The molecule has 4 nitrogen and oxygen atoms in total. The van der Waals surface area contributed by atoms with Crippen LogP contribution in [0.2, 0.25) is 0 Å². The summed E-state index contributed by atoms with van der Waals surface area (Å²) in [5, 5.41) is 7.23. The maximum Gasteiger partial charge on any atom is 0.137 e. The van der Waals surface area contributed by atoms with E-state index in [0.29, 0.717) is 0 Å². The first-order chi connectivity index (χ1) is 13.7. The maximum absolute atomic E-state index is 13.3. The van der Waals surface area contributed by atoms with Crippen LogP contribution in [0.15, 0.2) is 79.3 Å². The molecule has 28 heavy (non-hydrogen) atoms. The van der Waals surface area contributed by atoms with Crippen molar-refractivity contribution in [3.63, 3.8) is 0 Å². The molecule has 0 saturated carbocycles. The fourth-order valence-electron chi connectivity index (χ4n) is 3.31. The third-order valence-electron chi connectivity index (χ3n) is 4.71. The van der Waals surface area contributed by atoms with Crippen molar-refractivity contribution in [2.24, 2.45) is 0 Å². The van der Waals surface area contributed by atoms with Gasteiger partial charge in [0.25, 0.3) is 0 Å². The van der Waals surface area contributed by atoms with Gasteiger partial charge in [-0.1, -0.05) is 0 Å². The van der Waals surface area contributed by atoms with Crippen LogP contribution < -0.4 is 0 Å². The van der Waals surface area contributed by atoms with Gasteiger partial charge in [-0.25, -0.2) is 13.8 Å². The van der Waals surface area contributed by atoms with Crippen molar-refractivity contribution >= 4 is 5.65 Å². The summed E-state index contributed by atoms with van der Waals surface area (Å²) < 4.78 is 28.5. The zero-order valence-electron chi connectivity index (χ0n) is 14.6. The zero-order chi connectivity index (χ0) is 19.1. The molecule has 0 aliphatic carbocycles. The number of halogens is 2. The molecule has 0 aliphatic heterocycles. The molecule has 0 saturated heterocycles. The number of nitrogens with one attached hydrogen (secondary N) is 1. The zero-order valence-corrected chi connectivity index (χ0v) is 14.6. The minimum atomic E-state index is -0.287. The van der Waals surface area contributed by atoms with Crippen molar-refractivity contribution in [1.82, 2.24) is 19.6 Å². The number of imidazole rings is 1. The van der Waals surface area contributed by atoms with E-state index in [4.69, 9.17) is 0 Å². The average Bonchev–Trinajstić information content (AvgIpc) is 3.36. The molecule has 0 spiro atoms. The molecular formula is C22H14F2N4. The standard InChI is InChI=1S/C22H14F2N4/c23-17-6-1-14(2-7-17)20-12-25-21-10-5-16(13-28(20)21)19-11-26-27-22(19)15-3-8-18(24)9-4-15/h1-13H,(H,26,27). The van der Waals surface area contributed by atoms with Gasteiger partial charge in [0, 0.05) is 34.6 Å². The number of aromatic amines is 1. The molecule has 3 aromatic heterocycles.